The number of halogens is 3. The lowest BCUT2D eigenvalue weighted by atomic mass is 10.1. The summed E-state index contributed by atoms with van der Waals surface area (Å²) in [6.07, 6.45) is 2.31. The molecule has 0 aliphatic heterocycles. The molecule has 0 aliphatic carbocycles. The highest BCUT2D eigenvalue weighted by Gasteiger charge is 2.17. The van der Waals surface area contributed by atoms with Crippen LogP contribution >= 0.6 is 62.2 Å². The number of carbonyl (C=O) groups is 1. The van der Waals surface area contributed by atoms with Crippen LogP contribution in [-0.2, 0) is 17.8 Å². The van der Waals surface area contributed by atoms with Crippen molar-refractivity contribution >= 4 is 95.3 Å². The Bertz CT molecular complexity index is 1860. The van der Waals surface area contributed by atoms with Gasteiger partial charge in [-0.2, -0.15) is 0 Å². The van der Waals surface area contributed by atoms with Crippen molar-refractivity contribution in [1.29, 1.82) is 0 Å². The number of benzene rings is 3. The maximum absolute atomic E-state index is 12.7. The van der Waals surface area contributed by atoms with E-state index in [9.17, 15) is 4.79 Å². The second-order valence-electron chi connectivity index (χ2n) is 8.88. The Morgan fingerprint density at radius 1 is 1.05 bits per heavy atom. The summed E-state index contributed by atoms with van der Waals surface area (Å²) >= 11 is 18.6. The SMILES string of the molecule is O=C(CSc1nnc2c3cc(Br)ccc3n(Cc3ccccc3)c2n1)Nc1ncc(Cc2cc(Cl)ccc2Cl)s1. The van der Waals surface area contributed by atoms with E-state index in [1.165, 1.54) is 23.1 Å². The van der Waals surface area contributed by atoms with E-state index in [1.807, 2.05) is 36.4 Å². The smallest absolute Gasteiger partial charge is 0.236 e. The van der Waals surface area contributed by atoms with Gasteiger partial charge in [0, 0.05) is 43.9 Å². The van der Waals surface area contributed by atoms with Gasteiger partial charge in [-0.1, -0.05) is 81.2 Å². The van der Waals surface area contributed by atoms with Gasteiger partial charge < -0.3 is 9.88 Å². The molecule has 0 atom stereocenters. The van der Waals surface area contributed by atoms with Gasteiger partial charge in [0.1, 0.15) is 5.52 Å². The van der Waals surface area contributed by atoms with Gasteiger partial charge in [-0.3, -0.25) is 4.79 Å². The maximum Gasteiger partial charge on any atom is 0.236 e. The number of hydrogen-bond acceptors (Lipinski definition) is 7. The molecule has 6 rings (SSSR count). The van der Waals surface area contributed by atoms with Crippen molar-refractivity contribution in [2.45, 2.75) is 18.1 Å². The second kappa shape index (κ2) is 11.8. The Hall–Kier alpha value is -3.02. The highest BCUT2D eigenvalue weighted by molar-refractivity contribution is 9.10. The molecule has 200 valence electrons. The summed E-state index contributed by atoms with van der Waals surface area (Å²) in [5, 5.41) is 14.8. The first-order chi connectivity index (χ1) is 19.4. The molecule has 0 radical (unpaired) electrons. The molecule has 0 saturated carbocycles. The van der Waals surface area contributed by atoms with Crippen LogP contribution in [0.15, 0.2) is 82.6 Å². The Balaban J connectivity index is 1.17. The van der Waals surface area contributed by atoms with Crippen molar-refractivity contribution in [3.05, 3.63) is 103 Å². The number of amides is 1. The molecule has 0 fully saturated rings. The van der Waals surface area contributed by atoms with Crippen LogP contribution in [0.3, 0.4) is 0 Å². The number of nitrogens with one attached hydrogen (secondary N) is 1. The minimum absolute atomic E-state index is 0.118. The summed E-state index contributed by atoms with van der Waals surface area (Å²) in [5.41, 5.74) is 4.51. The van der Waals surface area contributed by atoms with Gasteiger partial charge >= 0.3 is 0 Å². The predicted octanol–water partition coefficient (Wildman–Crippen LogP) is 7.88. The largest absolute Gasteiger partial charge is 0.319 e. The number of anilines is 1. The number of nitrogens with zero attached hydrogens (tertiary/aromatic N) is 5. The zero-order valence-corrected chi connectivity index (χ0v) is 25.4. The lowest BCUT2D eigenvalue weighted by Crippen LogP contribution is -2.14. The van der Waals surface area contributed by atoms with E-state index in [0.29, 0.717) is 33.3 Å². The van der Waals surface area contributed by atoms with E-state index in [2.05, 4.69) is 59.2 Å². The Morgan fingerprint density at radius 3 is 2.75 bits per heavy atom. The van der Waals surface area contributed by atoms with E-state index < -0.39 is 0 Å². The van der Waals surface area contributed by atoms with Crippen LogP contribution in [0, 0.1) is 0 Å². The number of carbonyl (C=O) groups excluding carboxylic acids is 1. The fourth-order valence-corrected chi connectivity index (χ4v) is 6.47. The van der Waals surface area contributed by atoms with Crippen LogP contribution in [0.4, 0.5) is 5.13 Å². The average molecular weight is 670 g/mol. The maximum atomic E-state index is 12.7. The summed E-state index contributed by atoms with van der Waals surface area (Å²) in [5.74, 6) is -0.0868. The summed E-state index contributed by atoms with van der Waals surface area (Å²) < 4.78 is 3.09. The standard InChI is InChI=1S/C28H19BrCl2N6OS2/c29-18-6-9-23-21(12-18)25-26(37(23)14-16-4-2-1-3-5-16)34-28(36-35-25)39-15-24(38)33-27-32-13-20(40-27)11-17-10-19(30)7-8-22(17)31/h1-10,12-13H,11,14-15H2,(H,32,33,38). The van der Waals surface area contributed by atoms with Gasteiger partial charge in [-0.15, -0.1) is 21.5 Å². The minimum Gasteiger partial charge on any atom is -0.319 e. The lowest BCUT2D eigenvalue weighted by molar-refractivity contribution is -0.113. The van der Waals surface area contributed by atoms with Gasteiger partial charge in [0.25, 0.3) is 0 Å². The zero-order valence-electron chi connectivity index (χ0n) is 20.6. The summed E-state index contributed by atoms with van der Waals surface area (Å²) in [6.45, 7) is 0.637. The van der Waals surface area contributed by atoms with Gasteiger partial charge in [-0.05, 0) is 47.5 Å². The Kier molecular flexibility index (Phi) is 8.04. The van der Waals surface area contributed by atoms with Crippen molar-refractivity contribution in [3.63, 3.8) is 0 Å². The topological polar surface area (TPSA) is 85.6 Å². The van der Waals surface area contributed by atoms with Crippen molar-refractivity contribution < 1.29 is 4.79 Å². The molecular weight excluding hydrogens is 651 g/mol. The second-order valence-corrected chi connectivity index (χ2v) is 12.7. The first-order valence-electron chi connectivity index (χ1n) is 12.1. The van der Waals surface area contributed by atoms with Crippen LogP contribution in [0.25, 0.3) is 22.1 Å². The number of aromatic nitrogens is 5. The van der Waals surface area contributed by atoms with Gasteiger partial charge in [0.15, 0.2) is 10.8 Å². The molecule has 0 spiro atoms. The van der Waals surface area contributed by atoms with E-state index >= 15 is 0 Å². The summed E-state index contributed by atoms with van der Waals surface area (Å²) in [4.78, 5) is 22.8. The van der Waals surface area contributed by atoms with Crippen molar-refractivity contribution in [3.8, 4) is 0 Å². The molecular formula is C28H19BrCl2N6OS2. The normalized spacial score (nSPS) is 11.4. The third kappa shape index (κ3) is 6.01. The van der Waals surface area contributed by atoms with Crippen molar-refractivity contribution in [2.75, 3.05) is 11.1 Å². The molecule has 3 heterocycles. The molecule has 1 amide bonds. The molecule has 12 heteroatoms. The minimum atomic E-state index is -0.204. The van der Waals surface area contributed by atoms with Crippen molar-refractivity contribution in [1.82, 2.24) is 24.7 Å². The lowest BCUT2D eigenvalue weighted by Gasteiger charge is -2.07. The van der Waals surface area contributed by atoms with Crippen LogP contribution < -0.4 is 5.32 Å². The third-order valence-corrected chi connectivity index (χ3v) is 8.94. The van der Waals surface area contributed by atoms with E-state index in [-0.39, 0.29) is 11.7 Å². The van der Waals surface area contributed by atoms with Gasteiger partial charge in [0.2, 0.25) is 11.1 Å². The molecule has 0 bridgehead atoms. The monoisotopic (exact) mass is 668 g/mol. The molecule has 7 nitrogen and oxygen atoms in total. The molecule has 6 aromatic rings. The summed E-state index contributed by atoms with van der Waals surface area (Å²) in [7, 11) is 0. The van der Waals surface area contributed by atoms with Crippen LogP contribution in [-0.4, -0.2) is 36.4 Å². The molecule has 0 saturated heterocycles. The number of hydrogen-bond donors (Lipinski definition) is 1. The first kappa shape index (κ1) is 27.2. The Morgan fingerprint density at radius 2 is 1.90 bits per heavy atom. The van der Waals surface area contributed by atoms with E-state index in [4.69, 9.17) is 28.2 Å². The number of fused-ring (bicyclic) bond motifs is 3. The first-order valence-corrected chi connectivity index (χ1v) is 15.5. The third-order valence-electron chi connectivity index (χ3n) is 6.10. The van der Waals surface area contributed by atoms with Crippen LogP contribution in [0.5, 0.6) is 0 Å². The Labute approximate surface area is 256 Å². The molecule has 1 N–H and O–H groups in total. The van der Waals surface area contributed by atoms with Gasteiger partial charge in [0.05, 0.1) is 11.3 Å². The molecule has 3 aromatic carbocycles. The van der Waals surface area contributed by atoms with E-state index in [1.54, 1.807) is 18.3 Å². The number of rotatable bonds is 8. The van der Waals surface area contributed by atoms with Crippen LogP contribution in [0.2, 0.25) is 10.0 Å². The highest BCUT2D eigenvalue weighted by atomic mass is 79.9. The van der Waals surface area contributed by atoms with Crippen molar-refractivity contribution in [2.24, 2.45) is 0 Å². The molecule has 0 unspecified atom stereocenters. The van der Waals surface area contributed by atoms with Crippen LogP contribution in [0.1, 0.15) is 16.0 Å². The van der Waals surface area contributed by atoms with Gasteiger partial charge in [-0.25, -0.2) is 9.97 Å². The highest BCUT2D eigenvalue weighted by Crippen LogP contribution is 2.31. The fourth-order valence-electron chi connectivity index (χ4n) is 4.30. The fraction of sp³-hybridized carbons (Fsp3) is 0.107. The molecule has 3 aromatic heterocycles. The predicted molar refractivity (Wildman–Crippen MR) is 167 cm³/mol. The quantitative estimate of drug-likeness (QED) is 0.166. The summed E-state index contributed by atoms with van der Waals surface area (Å²) in [6, 6.07) is 21.6. The molecule has 40 heavy (non-hydrogen) atoms. The van der Waals surface area contributed by atoms with E-state index in [0.717, 1.165) is 42.5 Å². The zero-order chi connectivity index (χ0) is 27.6. The average Bonchev–Trinajstić information content (AvgIpc) is 3.51. The number of thiazole rings is 1. The molecule has 0 aliphatic rings. The number of thioether (sulfide) groups is 1.